The third-order valence-corrected chi connectivity index (χ3v) is 6.13. The van der Waals surface area contributed by atoms with Gasteiger partial charge in [-0.1, -0.05) is 18.2 Å². The van der Waals surface area contributed by atoms with Crippen LogP contribution in [0.3, 0.4) is 0 Å². The normalized spacial score (nSPS) is 11.4. The minimum Gasteiger partial charge on any atom is -0.497 e. The number of halogens is 1. The molecule has 7 heteroatoms. The highest BCUT2D eigenvalue weighted by Gasteiger charge is 2.25. The van der Waals surface area contributed by atoms with Crippen molar-refractivity contribution >= 4 is 21.6 Å². The molecule has 0 bridgehead atoms. The van der Waals surface area contributed by atoms with Crippen molar-refractivity contribution in [2.24, 2.45) is 0 Å². The number of rotatable bonds is 10. The summed E-state index contributed by atoms with van der Waals surface area (Å²) in [5, 5.41) is 0. The summed E-state index contributed by atoms with van der Waals surface area (Å²) in [7, 11) is -0.594. The summed E-state index contributed by atoms with van der Waals surface area (Å²) in [6.45, 7) is 4.00. The van der Waals surface area contributed by atoms with Crippen LogP contribution < -0.4 is 9.47 Å². The van der Waals surface area contributed by atoms with Gasteiger partial charge in [-0.15, -0.1) is 18.2 Å². The van der Waals surface area contributed by atoms with Gasteiger partial charge in [0.2, 0.25) is 10.0 Å². The summed E-state index contributed by atoms with van der Waals surface area (Å²) >= 11 is 5.74. The molecule has 0 amide bonds. The van der Waals surface area contributed by atoms with Gasteiger partial charge in [-0.2, -0.15) is 4.31 Å². The summed E-state index contributed by atoms with van der Waals surface area (Å²) in [5.41, 5.74) is 1.70. The second-order valence-electron chi connectivity index (χ2n) is 5.85. The van der Waals surface area contributed by atoms with Crippen LogP contribution in [0.1, 0.15) is 11.1 Å². The molecule has 0 fully saturated rings. The molecule has 0 aliphatic heterocycles. The number of ether oxygens (including phenoxy) is 2. The Kier molecular flexibility index (Phi) is 7.71. The molecule has 0 saturated carbocycles. The monoisotopic (exact) mass is 409 g/mol. The summed E-state index contributed by atoms with van der Waals surface area (Å²) in [5.74, 6) is 1.72. The highest BCUT2D eigenvalue weighted by Crippen LogP contribution is 2.27. The Bertz CT molecular complexity index is 866. The minimum atomic E-state index is -3.70. The van der Waals surface area contributed by atoms with E-state index in [2.05, 4.69) is 6.58 Å². The molecule has 0 aromatic heterocycles. The minimum absolute atomic E-state index is 0.137. The molecule has 27 heavy (non-hydrogen) atoms. The van der Waals surface area contributed by atoms with Crippen LogP contribution in [0.4, 0.5) is 0 Å². The molecular weight excluding hydrogens is 386 g/mol. The second kappa shape index (κ2) is 9.78. The van der Waals surface area contributed by atoms with E-state index in [4.69, 9.17) is 21.1 Å². The molecule has 0 aliphatic rings. The third kappa shape index (κ3) is 5.25. The fourth-order valence-corrected chi connectivity index (χ4v) is 4.28. The van der Waals surface area contributed by atoms with E-state index in [1.54, 1.807) is 62.8 Å². The van der Waals surface area contributed by atoms with E-state index < -0.39 is 10.0 Å². The fourth-order valence-electron chi connectivity index (χ4n) is 2.67. The quantitative estimate of drug-likeness (QED) is 0.441. The standard InChI is InChI=1S/C20H24ClNO4S/c1-4-13-22(15-17-14-18(25-2)7-10-20(17)26-3)27(23,24)19-8-5-16(6-9-19)11-12-21/h4-10,14H,1,11-13,15H2,2-3H3. The van der Waals surface area contributed by atoms with Crippen LogP contribution in [-0.2, 0) is 23.0 Å². The van der Waals surface area contributed by atoms with E-state index in [0.29, 0.717) is 29.4 Å². The lowest BCUT2D eigenvalue weighted by Crippen LogP contribution is -2.31. The first-order valence-electron chi connectivity index (χ1n) is 8.43. The zero-order valence-electron chi connectivity index (χ0n) is 15.5. The van der Waals surface area contributed by atoms with Crippen molar-refractivity contribution in [3.05, 3.63) is 66.2 Å². The number of sulfonamides is 1. The zero-order valence-corrected chi connectivity index (χ0v) is 17.1. The number of aryl methyl sites for hydroxylation is 1. The van der Waals surface area contributed by atoms with Crippen LogP contribution >= 0.6 is 11.6 Å². The van der Waals surface area contributed by atoms with Gasteiger partial charge in [0.25, 0.3) is 0 Å². The second-order valence-corrected chi connectivity index (χ2v) is 8.16. The Morgan fingerprint density at radius 1 is 1.11 bits per heavy atom. The molecule has 0 unspecified atom stereocenters. The SMILES string of the molecule is C=CCN(Cc1cc(OC)ccc1OC)S(=O)(=O)c1ccc(CCCl)cc1. The number of hydrogen-bond donors (Lipinski definition) is 0. The first kappa shape index (κ1) is 21.3. The molecule has 0 heterocycles. The molecule has 0 aliphatic carbocycles. The Morgan fingerprint density at radius 3 is 2.37 bits per heavy atom. The molecule has 0 spiro atoms. The summed E-state index contributed by atoms with van der Waals surface area (Å²) in [6.07, 6.45) is 2.26. The molecule has 0 N–H and O–H groups in total. The average Bonchev–Trinajstić information content (AvgIpc) is 2.68. The first-order valence-corrected chi connectivity index (χ1v) is 10.4. The topological polar surface area (TPSA) is 55.8 Å². The van der Waals surface area contributed by atoms with Gasteiger partial charge in [0.05, 0.1) is 19.1 Å². The smallest absolute Gasteiger partial charge is 0.243 e. The Morgan fingerprint density at radius 2 is 1.81 bits per heavy atom. The van der Waals surface area contributed by atoms with E-state index in [1.807, 2.05) is 0 Å². The molecule has 146 valence electrons. The van der Waals surface area contributed by atoms with Crippen LogP contribution in [-0.4, -0.2) is 39.4 Å². The summed E-state index contributed by atoms with van der Waals surface area (Å²) in [4.78, 5) is 0.226. The predicted molar refractivity (Wildman–Crippen MR) is 108 cm³/mol. The van der Waals surface area contributed by atoms with Crippen molar-refractivity contribution in [2.45, 2.75) is 17.9 Å². The zero-order chi connectivity index (χ0) is 19.9. The van der Waals surface area contributed by atoms with Crippen molar-refractivity contribution in [1.29, 1.82) is 0 Å². The predicted octanol–water partition coefficient (Wildman–Crippen LogP) is 3.86. The maximum atomic E-state index is 13.1. The molecule has 0 radical (unpaired) electrons. The lowest BCUT2D eigenvalue weighted by atomic mass is 10.2. The maximum absolute atomic E-state index is 13.1. The van der Waals surface area contributed by atoms with Gasteiger partial charge in [-0.3, -0.25) is 0 Å². The highest BCUT2D eigenvalue weighted by molar-refractivity contribution is 7.89. The number of hydrogen-bond acceptors (Lipinski definition) is 4. The van der Waals surface area contributed by atoms with Gasteiger partial charge in [-0.25, -0.2) is 8.42 Å². The Labute approximate surface area is 166 Å². The number of benzene rings is 2. The van der Waals surface area contributed by atoms with Crippen LogP contribution in [0.5, 0.6) is 11.5 Å². The van der Waals surface area contributed by atoms with E-state index in [0.717, 1.165) is 5.56 Å². The molecule has 0 saturated heterocycles. The molecule has 2 aromatic carbocycles. The molecule has 2 aromatic rings. The summed E-state index contributed by atoms with van der Waals surface area (Å²) < 4.78 is 38.2. The average molecular weight is 410 g/mol. The van der Waals surface area contributed by atoms with Gasteiger partial charge in [-0.05, 0) is 42.3 Å². The van der Waals surface area contributed by atoms with Crippen molar-refractivity contribution in [1.82, 2.24) is 4.31 Å². The van der Waals surface area contributed by atoms with E-state index >= 15 is 0 Å². The van der Waals surface area contributed by atoms with Crippen LogP contribution in [0.25, 0.3) is 0 Å². The van der Waals surface area contributed by atoms with Gasteiger partial charge < -0.3 is 9.47 Å². The van der Waals surface area contributed by atoms with Crippen molar-refractivity contribution in [3.63, 3.8) is 0 Å². The highest BCUT2D eigenvalue weighted by atomic mass is 35.5. The van der Waals surface area contributed by atoms with Crippen LogP contribution in [0, 0.1) is 0 Å². The van der Waals surface area contributed by atoms with Crippen molar-refractivity contribution in [2.75, 3.05) is 26.6 Å². The third-order valence-electron chi connectivity index (χ3n) is 4.11. The molecule has 0 atom stereocenters. The van der Waals surface area contributed by atoms with Gasteiger partial charge in [0.15, 0.2) is 0 Å². The fraction of sp³-hybridized carbons (Fsp3) is 0.300. The lowest BCUT2D eigenvalue weighted by molar-refractivity contribution is 0.384. The largest absolute Gasteiger partial charge is 0.497 e. The molecular formula is C20H24ClNO4S. The van der Waals surface area contributed by atoms with Gasteiger partial charge >= 0.3 is 0 Å². The van der Waals surface area contributed by atoms with E-state index in [9.17, 15) is 8.42 Å². The van der Waals surface area contributed by atoms with Gasteiger partial charge in [0, 0.05) is 24.5 Å². The Hall–Kier alpha value is -2.02. The number of methoxy groups -OCH3 is 2. The first-order chi connectivity index (χ1) is 13.0. The Balaban J connectivity index is 2.37. The maximum Gasteiger partial charge on any atom is 0.243 e. The van der Waals surface area contributed by atoms with Crippen molar-refractivity contribution < 1.29 is 17.9 Å². The number of alkyl halides is 1. The molecule has 5 nitrogen and oxygen atoms in total. The van der Waals surface area contributed by atoms with Gasteiger partial charge in [0.1, 0.15) is 11.5 Å². The number of nitrogens with zero attached hydrogens (tertiary/aromatic N) is 1. The van der Waals surface area contributed by atoms with Crippen molar-refractivity contribution in [3.8, 4) is 11.5 Å². The summed E-state index contributed by atoms with van der Waals surface area (Å²) in [6, 6.07) is 12.1. The van der Waals surface area contributed by atoms with E-state index in [-0.39, 0.29) is 18.0 Å². The van der Waals surface area contributed by atoms with Crippen LogP contribution in [0.15, 0.2) is 60.0 Å². The lowest BCUT2D eigenvalue weighted by Gasteiger charge is -2.22. The van der Waals surface area contributed by atoms with E-state index in [1.165, 1.54) is 4.31 Å². The molecule has 2 rings (SSSR count). The van der Waals surface area contributed by atoms with Crippen LogP contribution in [0.2, 0.25) is 0 Å².